The molecule has 1 atom stereocenters. The molecule has 4 nitrogen and oxygen atoms in total. The Labute approximate surface area is 98.0 Å². The van der Waals surface area contributed by atoms with Gasteiger partial charge in [0.25, 0.3) is 0 Å². The average Bonchev–Trinajstić information content (AvgIpc) is 2.63. The Hall–Kier alpha value is -1.20. The molecule has 0 radical (unpaired) electrons. The molecule has 1 unspecified atom stereocenters. The van der Waals surface area contributed by atoms with Crippen molar-refractivity contribution in [1.29, 1.82) is 0 Å². The third-order valence-corrected chi connectivity index (χ3v) is 3.56. The van der Waals surface area contributed by atoms with E-state index in [2.05, 4.69) is 29.7 Å². The maximum Gasteiger partial charge on any atom is 0.243 e. The summed E-state index contributed by atoms with van der Waals surface area (Å²) in [7, 11) is 0. The summed E-state index contributed by atoms with van der Waals surface area (Å²) >= 11 is 1.72. The normalized spacial score (nSPS) is 20.9. The van der Waals surface area contributed by atoms with Crippen LogP contribution in [0.3, 0.4) is 0 Å². The van der Waals surface area contributed by atoms with E-state index in [9.17, 15) is 9.59 Å². The molecule has 16 heavy (non-hydrogen) atoms. The quantitative estimate of drug-likeness (QED) is 0.771. The highest BCUT2D eigenvalue weighted by molar-refractivity contribution is 7.11. The molecular formula is C11H14N2O2S. The van der Waals surface area contributed by atoms with Crippen LogP contribution in [0.25, 0.3) is 0 Å². The van der Waals surface area contributed by atoms with E-state index in [4.69, 9.17) is 0 Å². The third-order valence-electron chi connectivity index (χ3n) is 2.56. The number of nitrogens with one attached hydrogen (secondary N) is 2. The Morgan fingerprint density at radius 2 is 2.31 bits per heavy atom. The van der Waals surface area contributed by atoms with E-state index in [1.807, 2.05) is 0 Å². The van der Waals surface area contributed by atoms with Gasteiger partial charge >= 0.3 is 0 Å². The zero-order valence-corrected chi connectivity index (χ0v) is 9.89. The summed E-state index contributed by atoms with van der Waals surface area (Å²) in [5, 5.41) is 5.50. The summed E-state index contributed by atoms with van der Waals surface area (Å²) in [6.07, 6.45) is 1.02. The van der Waals surface area contributed by atoms with Crippen molar-refractivity contribution in [3.05, 3.63) is 21.9 Å². The zero-order valence-electron chi connectivity index (χ0n) is 9.08. The van der Waals surface area contributed by atoms with Gasteiger partial charge in [-0.2, -0.15) is 0 Å². The molecule has 86 valence electrons. The largest absolute Gasteiger partial charge is 0.301 e. The molecule has 1 fully saturated rings. The lowest BCUT2D eigenvalue weighted by Gasteiger charge is -2.21. The fourth-order valence-electron chi connectivity index (χ4n) is 1.69. The summed E-state index contributed by atoms with van der Waals surface area (Å²) in [5.74, 6) is -0.375. The highest BCUT2D eigenvalue weighted by Gasteiger charge is 2.25. The zero-order chi connectivity index (χ0) is 11.5. The van der Waals surface area contributed by atoms with Crippen LogP contribution in [0.2, 0.25) is 0 Å². The van der Waals surface area contributed by atoms with Gasteiger partial charge in [-0.05, 0) is 25.5 Å². The SMILES string of the molecule is Cc1ccc(CNC2CCC(=O)NC2=O)s1. The molecule has 2 amide bonds. The number of imide groups is 1. The molecule has 0 aromatic carbocycles. The van der Waals surface area contributed by atoms with Crippen LogP contribution in [0.5, 0.6) is 0 Å². The Bertz CT molecular complexity index is 414. The first-order valence-corrected chi connectivity index (χ1v) is 6.09. The number of hydrogen-bond acceptors (Lipinski definition) is 4. The molecule has 1 aliphatic rings. The minimum atomic E-state index is -0.236. The molecular weight excluding hydrogens is 224 g/mol. The smallest absolute Gasteiger partial charge is 0.243 e. The molecule has 1 saturated heterocycles. The van der Waals surface area contributed by atoms with Gasteiger partial charge in [0.05, 0.1) is 6.04 Å². The van der Waals surface area contributed by atoms with E-state index in [1.165, 1.54) is 9.75 Å². The highest BCUT2D eigenvalue weighted by atomic mass is 32.1. The van der Waals surface area contributed by atoms with Crippen molar-refractivity contribution < 1.29 is 9.59 Å². The van der Waals surface area contributed by atoms with E-state index < -0.39 is 0 Å². The van der Waals surface area contributed by atoms with E-state index >= 15 is 0 Å². The Morgan fingerprint density at radius 3 is 2.94 bits per heavy atom. The van der Waals surface area contributed by atoms with Crippen LogP contribution < -0.4 is 10.6 Å². The lowest BCUT2D eigenvalue weighted by Crippen LogP contribution is -2.50. The summed E-state index contributed by atoms with van der Waals surface area (Å²) in [5.41, 5.74) is 0. The van der Waals surface area contributed by atoms with Gasteiger partial charge in [-0.1, -0.05) is 0 Å². The van der Waals surface area contributed by atoms with Crippen molar-refractivity contribution in [2.24, 2.45) is 0 Å². The minimum absolute atomic E-state index is 0.171. The van der Waals surface area contributed by atoms with Gasteiger partial charge in [-0.15, -0.1) is 11.3 Å². The lowest BCUT2D eigenvalue weighted by atomic mass is 10.1. The van der Waals surface area contributed by atoms with Crippen molar-refractivity contribution in [1.82, 2.24) is 10.6 Å². The van der Waals surface area contributed by atoms with E-state index in [0.29, 0.717) is 19.4 Å². The van der Waals surface area contributed by atoms with Crippen LogP contribution in [-0.2, 0) is 16.1 Å². The van der Waals surface area contributed by atoms with Crippen LogP contribution >= 0.6 is 11.3 Å². The third kappa shape index (κ3) is 2.68. The molecule has 2 N–H and O–H groups in total. The second-order valence-corrected chi connectivity index (χ2v) is 5.27. The summed E-state index contributed by atoms with van der Waals surface area (Å²) in [4.78, 5) is 24.9. The number of amides is 2. The van der Waals surface area contributed by atoms with E-state index in [0.717, 1.165) is 0 Å². The van der Waals surface area contributed by atoms with Gasteiger partial charge in [-0.25, -0.2) is 0 Å². The second-order valence-electron chi connectivity index (χ2n) is 3.90. The fraction of sp³-hybridized carbons (Fsp3) is 0.455. The van der Waals surface area contributed by atoms with Gasteiger partial charge in [0.1, 0.15) is 0 Å². The van der Waals surface area contributed by atoms with E-state index in [-0.39, 0.29) is 17.9 Å². The molecule has 1 aromatic heterocycles. The number of carbonyl (C=O) groups is 2. The average molecular weight is 238 g/mol. The first kappa shape index (κ1) is 11.3. The maximum atomic E-state index is 11.4. The number of thiophene rings is 1. The van der Waals surface area contributed by atoms with Gasteiger partial charge in [0.2, 0.25) is 11.8 Å². The molecule has 1 aliphatic heterocycles. The summed E-state index contributed by atoms with van der Waals surface area (Å²) < 4.78 is 0. The molecule has 1 aromatic rings. The van der Waals surface area contributed by atoms with Crippen molar-refractivity contribution in [3.63, 3.8) is 0 Å². The summed E-state index contributed by atoms with van der Waals surface area (Å²) in [6.45, 7) is 2.74. The van der Waals surface area contributed by atoms with Gasteiger partial charge in [0.15, 0.2) is 0 Å². The number of piperidine rings is 1. The number of rotatable bonds is 3. The van der Waals surface area contributed by atoms with Gasteiger partial charge < -0.3 is 5.32 Å². The first-order valence-electron chi connectivity index (χ1n) is 5.27. The Balaban J connectivity index is 1.86. The number of carbonyl (C=O) groups excluding carboxylic acids is 2. The number of aryl methyl sites for hydroxylation is 1. The molecule has 2 rings (SSSR count). The molecule has 0 bridgehead atoms. The fourth-order valence-corrected chi connectivity index (χ4v) is 2.53. The maximum absolute atomic E-state index is 11.4. The molecule has 0 saturated carbocycles. The molecule has 0 spiro atoms. The predicted octanol–water partition coefficient (Wildman–Crippen LogP) is 0.951. The van der Waals surface area contributed by atoms with Crippen molar-refractivity contribution in [3.8, 4) is 0 Å². The standard InChI is InChI=1S/C11H14N2O2S/c1-7-2-3-8(16-7)6-12-9-4-5-10(14)13-11(9)15/h2-3,9,12H,4-6H2,1H3,(H,13,14,15). The Kier molecular flexibility index (Phi) is 3.36. The van der Waals surface area contributed by atoms with Crippen molar-refractivity contribution >= 4 is 23.2 Å². The Morgan fingerprint density at radius 1 is 1.50 bits per heavy atom. The van der Waals surface area contributed by atoms with Crippen LogP contribution in [0.1, 0.15) is 22.6 Å². The van der Waals surface area contributed by atoms with E-state index in [1.54, 1.807) is 11.3 Å². The van der Waals surface area contributed by atoms with Crippen molar-refractivity contribution in [2.75, 3.05) is 0 Å². The van der Waals surface area contributed by atoms with Gasteiger partial charge in [0, 0.05) is 22.7 Å². The van der Waals surface area contributed by atoms with Crippen LogP contribution in [0.4, 0.5) is 0 Å². The monoisotopic (exact) mass is 238 g/mol. The topological polar surface area (TPSA) is 58.2 Å². The lowest BCUT2D eigenvalue weighted by molar-refractivity contribution is -0.134. The van der Waals surface area contributed by atoms with Crippen LogP contribution in [0.15, 0.2) is 12.1 Å². The molecule has 2 heterocycles. The number of hydrogen-bond donors (Lipinski definition) is 2. The molecule has 5 heteroatoms. The van der Waals surface area contributed by atoms with Crippen LogP contribution in [-0.4, -0.2) is 17.9 Å². The van der Waals surface area contributed by atoms with Crippen molar-refractivity contribution in [2.45, 2.75) is 32.4 Å². The first-order chi connectivity index (χ1) is 7.65. The molecule has 0 aliphatic carbocycles. The van der Waals surface area contributed by atoms with Crippen LogP contribution in [0, 0.1) is 6.92 Å². The van der Waals surface area contributed by atoms with Gasteiger partial charge in [-0.3, -0.25) is 14.9 Å². The highest BCUT2D eigenvalue weighted by Crippen LogP contribution is 2.15. The predicted molar refractivity (Wildman–Crippen MR) is 62.1 cm³/mol. The summed E-state index contributed by atoms with van der Waals surface area (Å²) in [6, 6.07) is 3.88. The minimum Gasteiger partial charge on any atom is -0.301 e. The second kappa shape index (κ2) is 4.76.